The molecule has 0 aromatic heterocycles. The molecule has 8 heteroatoms. The number of nitrogens with zero attached hydrogens (tertiary/aromatic N) is 2. The summed E-state index contributed by atoms with van der Waals surface area (Å²) in [4.78, 5) is 27.5. The highest BCUT2D eigenvalue weighted by atomic mass is 16.5. The number of rotatable bonds is 9. The fraction of sp³-hybridized carbons (Fsp3) is 0.765. The number of ether oxygens (including phenoxy) is 2. The van der Waals surface area contributed by atoms with Gasteiger partial charge in [-0.1, -0.05) is 0 Å². The maximum atomic E-state index is 11.6. The number of morpholine rings is 2. The zero-order valence-electron chi connectivity index (χ0n) is 14.6. The second kappa shape index (κ2) is 10.5. The lowest BCUT2D eigenvalue weighted by molar-refractivity contribution is -0.136. The van der Waals surface area contributed by atoms with Crippen molar-refractivity contribution in [3.63, 3.8) is 0 Å². The molecule has 8 nitrogen and oxygen atoms in total. The van der Waals surface area contributed by atoms with Gasteiger partial charge in [0, 0.05) is 43.9 Å². The number of carbonyl (C=O) groups is 2. The molecule has 2 saturated heterocycles. The fourth-order valence-electron chi connectivity index (χ4n) is 3.17. The summed E-state index contributed by atoms with van der Waals surface area (Å²) in [5.74, 6) is -2.25. The van der Waals surface area contributed by atoms with Crippen LogP contribution in [0.3, 0.4) is 0 Å². The van der Waals surface area contributed by atoms with Crippen LogP contribution < -0.4 is 0 Å². The smallest absolute Gasteiger partial charge is 0.332 e. The molecular formula is C17H28N2O6. The Bertz CT molecular complexity index is 482. The normalized spacial score (nSPS) is 21.0. The molecule has 0 radical (unpaired) electrons. The van der Waals surface area contributed by atoms with Crippen LogP contribution in [0.5, 0.6) is 0 Å². The topological polar surface area (TPSA) is 99.5 Å². The molecule has 0 atom stereocenters. The van der Waals surface area contributed by atoms with Gasteiger partial charge >= 0.3 is 11.9 Å². The van der Waals surface area contributed by atoms with Crippen LogP contribution in [-0.2, 0) is 19.1 Å². The maximum absolute atomic E-state index is 11.6. The van der Waals surface area contributed by atoms with Crippen LogP contribution in [-0.4, -0.2) is 97.6 Å². The number of carboxylic acids is 2. The van der Waals surface area contributed by atoms with Crippen molar-refractivity contribution < 1.29 is 29.3 Å². The average Bonchev–Trinajstić information content (AvgIpc) is 2.61. The first-order valence-electron chi connectivity index (χ1n) is 8.86. The van der Waals surface area contributed by atoms with E-state index in [1.807, 2.05) is 0 Å². The summed E-state index contributed by atoms with van der Waals surface area (Å²) >= 11 is 0. The summed E-state index contributed by atoms with van der Waals surface area (Å²) in [7, 11) is 0. The van der Waals surface area contributed by atoms with Crippen LogP contribution in [0.15, 0.2) is 11.1 Å². The first kappa shape index (κ1) is 19.8. The molecule has 0 spiro atoms. The molecule has 142 valence electrons. The van der Waals surface area contributed by atoms with Gasteiger partial charge in [0.05, 0.1) is 26.4 Å². The lowest BCUT2D eigenvalue weighted by Crippen LogP contribution is -2.37. The summed E-state index contributed by atoms with van der Waals surface area (Å²) in [6.45, 7) is 7.17. The quantitative estimate of drug-likeness (QED) is 0.569. The standard InChI is InChI=1S/C17H28N2O6/c20-16(21)14(2-1-4-18-6-10-24-11-7-18)15(17(22)23)3-5-19-8-12-25-13-9-19/h1-13H2,(H,20,21)(H,22,23)/b15-14+. The van der Waals surface area contributed by atoms with Crippen molar-refractivity contribution in [2.24, 2.45) is 0 Å². The van der Waals surface area contributed by atoms with Gasteiger partial charge in [0.1, 0.15) is 0 Å². The summed E-state index contributed by atoms with van der Waals surface area (Å²) < 4.78 is 10.6. The SMILES string of the molecule is O=C(O)/C(CCCN1CCOCC1)=C(\CCN1CCOCC1)C(=O)O. The molecule has 0 amide bonds. The Labute approximate surface area is 148 Å². The molecule has 0 aromatic carbocycles. The minimum atomic E-state index is -1.13. The molecule has 0 bridgehead atoms. The van der Waals surface area contributed by atoms with Gasteiger partial charge in [-0.05, 0) is 25.8 Å². The van der Waals surface area contributed by atoms with E-state index >= 15 is 0 Å². The van der Waals surface area contributed by atoms with Crippen molar-refractivity contribution in [3.05, 3.63) is 11.1 Å². The monoisotopic (exact) mass is 356 g/mol. The molecule has 2 fully saturated rings. The third-order valence-electron chi connectivity index (χ3n) is 4.67. The minimum Gasteiger partial charge on any atom is -0.478 e. The molecule has 2 aliphatic heterocycles. The van der Waals surface area contributed by atoms with Crippen LogP contribution in [0.2, 0.25) is 0 Å². The third-order valence-corrected chi connectivity index (χ3v) is 4.67. The highest BCUT2D eigenvalue weighted by Crippen LogP contribution is 2.17. The molecule has 0 saturated carbocycles. The van der Waals surface area contributed by atoms with Crippen LogP contribution in [0.1, 0.15) is 19.3 Å². The van der Waals surface area contributed by atoms with Crippen molar-refractivity contribution in [1.82, 2.24) is 9.80 Å². The van der Waals surface area contributed by atoms with Crippen LogP contribution in [0.25, 0.3) is 0 Å². The molecule has 0 aliphatic carbocycles. The predicted octanol–water partition coefficient (Wildman–Crippen LogP) is 0.287. The summed E-state index contributed by atoms with van der Waals surface area (Å²) in [6.07, 6.45) is 1.15. The van der Waals surface area contributed by atoms with Gasteiger partial charge in [-0.25, -0.2) is 9.59 Å². The number of hydrogen-bond donors (Lipinski definition) is 2. The van der Waals surface area contributed by atoms with E-state index in [0.29, 0.717) is 39.4 Å². The van der Waals surface area contributed by atoms with Gasteiger partial charge in [0.15, 0.2) is 0 Å². The summed E-state index contributed by atoms with van der Waals surface area (Å²) in [6, 6.07) is 0. The van der Waals surface area contributed by atoms with Crippen molar-refractivity contribution in [2.45, 2.75) is 19.3 Å². The second-order valence-corrected chi connectivity index (χ2v) is 6.33. The largest absolute Gasteiger partial charge is 0.478 e. The number of carboxylic acid groups (broad SMARTS) is 2. The molecule has 2 N–H and O–H groups in total. The maximum Gasteiger partial charge on any atom is 0.332 e. The van der Waals surface area contributed by atoms with Crippen LogP contribution in [0, 0.1) is 0 Å². The van der Waals surface area contributed by atoms with E-state index in [2.05, 4.69) is 9.80 Å². The molecule has 25 heavy (non-hydrogen) atoms. The Morgan fingerprint density at radius 2 is 1.16 bits per heavy atom. The first-order valence-corrected chi connectivity index (χ1v) is 8.86. The van der Waals surface area contributed by atoms with E-state index in [0.717, 1.165) is 32.7 Å². The molecule has 0 unspecified atom stereocenters. The van der Waals surface area contributed by atoms with Crippen LogP contribution in [0.4, 0.5) is 0 Å². The van der Waals surface area contributed by atoms with Gasteiger partial charge in [0.25, 0.3) is 0 Å². The van der Waals surface area contributed by atoms with Gasteiger partial charge in [-0.3, -0.25) is 9.80 Å². The summed E-state index contributed by atoms with van der Waals surface area (Å²) in [5.41, 5.74) is 0.0648. The average molecular weight is 356 g/mol. The molecule has 0 aromatic rings. The second-order valence-electron chi connectivity index (χ2n) is 6.33. The Hall–Kier alpha value is -1.48. The minimum absolute atomic E-state index is 0.0287. The van der Waals surface area contributed by atoms with E-state index in [-0.39, 0.29) is 24.0 Å². The van der Waals surface area contributed by atoms with Crippen molar-refractivity contribution in [3.8, 4) is 0 Å². The van der Waals surface area contributed by atoms with E-state index in [4.69, 9.17) is 9.47 Å². The van der Waals surface area contributed by atoms with Crippen molar-refractivity contribution >= 4 is 11.9 Å². The van der Waals surface area contributed by atoms with Gasteiger partial charge in [-0.15, -0.1) is 0 Å². The van der Waals surface area contributed by atoms with Gasteiger partial charge < -0.3 is 19.7 Å². The Balaban J connectivity index is 1.92. The third kappa shape index (κ3) is 6.74. The molecular weight excluding hydrogens is 328 g/mol. The highest BCUT2D eigenvalue weighted by Gasteiger charge is 2.22. The van der Waals surface area contributed by atoms with E-state index < -0.39 is 11.9 Å². The Morgan fingerprint density at radius 3 is 1.64 bits per heavy atom. The van der Waals surface area contributed by atoms with Gasteiger partial charge in [-0.2, -0.15) is 0 Å². The number of hydrogen-bond acceptors (Lipinski definition) is 6. The number of aliphatic carboxylic acids is 2. The van der Waals surface area contributed by atoms with E-state index in [9.17, 15) is 19.8 Å². The van der Waals surface area contributed by atoms with E-state index in [1.54, 1.807) is 0 Å². The van der Waals surface area contributed by atoms with Gasteiger partial charge in [0.2, 0.25) is 0 Å². The zero-order chi connectivity index (χ0) is 18.1. The Kier molecular flexibility index (Phi) is 8.33. The van der Waals surface area contributed by atoms with Crippen molar-refractivity contribution in [2.75, 3.05) is 65.7 Å². The summed E-state index contributed by atoms with van der Waals surface area (Å²) in [5, 5.41) is 19.0. The molecule has 2 rings (SSSR count). The predicted molar refractivity (Wildman–Crippen MR) is 90.7 cm³/mol. The molecule has 2 heterocycles. The fourth-order valence-corrected chi connectivity index (χ4v) is 3.17. The Morgan fingerprint density at radius 1 is 0.720 bits per heavy atom. The molecule has 2 aliphatic rings. The van der Waals surface area contributed by atoms with E-state index in [1.165, 1.54) is 0 Å². The highest BCUT2D eigenvalue weighted by molar-refractivity contribution is 5.98. The zero-order valence-corrected chi connectivity index (χ0v) is 14.6. The lowest BCUT2D eigenvalue weighted by atomic mass is 10.00. The first-order chi connectivity index (χ1) is 12.1. The lowest BCUT2D eigenvalue weighted by Gasteiger charge is -2.27. The van der Waals surface area contributed by atoms with Crippen molar-refractivity contribution in [1.29, 1.82) is 0 Å². The van der Waals surface area contributed by atoms with Crippen LogP contribution >= 0.6 is 0 Å².